The number of halogens is 1. The first-order chi connectivity index (χ1) is 12.1. The number of pyridine rings is 1. The number of para-hydroxylation sites is 1. The number of nitrogens with zero attached hydrogens (tertiary/aromatic N) is 2. The molecule has 5 heteroatoms. The predicted molar refractivity (Wildman–Crippen MR) is 103 cm³/mol. The summed E-state index contributed by atoms with van der Waals surface area (Å²) in [4.78, 5) is 18.5. The van der Waals surface area contributed by atoms with Gasteiger partial charge >= 0.3 is 0 Å². The lowest BCUT2D eigenvalue weighted by molar-refractivity contribution is 0.0992. The number of carbonyl (C=O) groups excluding carboxylic acids is 1. The van der Waals surface area contributed by atoms with E-state index in [0.717, 1.165) is 22.6 Å². The number of hydrogen-bond donors (Lipinski definition) is 1. The third kappa shape index (κ3) is 3.80. The van der Waals surface area contributed by atoms with Crippen LogP contribution in [0.2, 0.25) is 5.02 Å². The molecule has 1 amide bonds. The Bertz CT molecular complexity index is 896. The van der Waals surface area contributed by atoms with Crippen LogP contribution in [0, 0.1) is 6.92 Å². The summed E-state index contributed by atoms with van der Waals surface area (Å²) in [6.45, 7) is 1.94. The first-order valence-corrected chi connectivity index (χ1v) is 8.24. The molecule has 0 unspecified atom stereocenters. The van der Waals surface area contributed by atoms with Gasteiger partial charge in [-0.05, 0) is 42.8 Å². The molecule has 3 rings (SSSR count). The fourth-order valence-corrected chi connectivity index (χ4v) is 2.66. The summed E-state index contributed by atoms with van der Waals surface area (Å²) in [5.41, 5.74) is 3.91. The van der Waals surface area contributed by atoms with Crippen LogP contribution in [-0.2, 0) is 0 Å². The molecule has 1 N–H and O–H groups in total. The Kier molecular flexibility index (Phi) is 5.00. The molecule has 0 spiro atoms. The molecule has 0 saturated heterocycles. The summed E-state index contributed by atoms with van der Waals surface area (Å²) < 4.78 is 0. The van der Waals surface area contributed by atoms with E-state index in [4.69, 9.17) is 11.6 Å². The number of hydrogen-bond acceptors (Lipinski definition) is 3. The molecule has 0 saturated carbocycles. The Balaban J connectivity index is 1.84. The van der Waals surface area contributed by atoms with E-state index in [1.807, 2.05) is 55.5 Å². The Morgan fingerprint density at radius 3 is 2.60 bits per heavy atom. The summed E-state index contributed by atoms with van der Waals surface area (Å²) in [5, 5.41) is 3.96. The number of rotatable bonds is 4. The second-order valence-electron chi connectivity index (χ2n) is 5.70. The molecule has 0 aliphatic rings. The van der Waals surface area contributed by atoms with E-state index in [9.17, 15) is 4.79 Å². The maximum Gasteiger partial charge on any atom is 0.259 e. The van der Waals surface area contributed by atoms with Crippen molar-refractivity contribution in [1.29, 1.82) is 0 Å². The lowest BCUT2D eigenvalue weighted by atomic mass is 10.2. The van der Waals surface area contributed by atoms with Crippen LogP contribution in [0.25, 0.3) is 0 Å². The van der Waals surface area contributed by atoms with Crippen LogP contribution in [0.5, 0.6) is 0 Å². The molecule has 0 aliphatic carbocycles. The third-order valence-electron chi connectivity index (χ3n) is 3.98. The van der Waals surface area contributed by atoms with Gasteiger partial charge in [0.2, 0.25) is 0 Å². The first kappa shape index (κ1) is 17.0. The van der Waals surface area contributed by atoms with Gasteiger partial charge in [-0.2, -0.15) is 0 Å². The first-order valence-electron chi connectivity index (χ1n) is 7.86. The Hall–Kier alpha value is -2.85. The molecule has 0 fully saturated rings. The van der Waals surface area contributed by atoms with E-state index < -0.39 is 0 Å². The molecule has 0 aliphatic heterocycles. The lowest BCUT2D eigenvalue weighted by Crippen LogP contribution is -2.26. The van der Waals surface area contributed by atoms with Gasteiger partial charge in [-0.3, -0.25) is 9.78 Å². The Morgan fingerprint density at radius 2 is 1.84 bits per heavy atom. The summed E-state index contributed by atoms with van der Waals surface area (Å²) in [5.74, 6) is -0.120. The van der Waals surface area contributed by atoms with Gasteiger partial charge in [0.05, 0.1) is 17.4 Å². The monoisotopic (exact) mass is 351 g/mol. The quantitative estimate of drug-likeness (QED) is 0.714. The summed E-state index contributed by atoms with van der Waals surface area (Å²) in [6.07, 6.45) is 3.25. The smallest absolute Gasteiger partial charge is 0.259 e. The Morgan fingerprint density at radius 1 is 1.08 bits per heavy atom. The van der Waals surface area contributed by atoms with E-state index >= 15 is 0 Å². The van der Waals surface area contributed by atoms with Crippen LogP contribution in [-0.4, -0.2) is 17.9 Å². The summed E-state index contributed by atoms with van der Waals surface area (Å²) in [6, 6.07) is 16.9. The zero-order valence-corrected chi connectivity index (χ0v) is 14.8. The highest BCUT2D eigenvalue weighted by atomic mass is 35.5. The molecule has 2 aromatic carbocycles. The molecule has 3 aromatic rings. The zero-order chi connectivity index (χ0) is 17.8. The number of amides is 1. The minimum absolute atomic E-state index is 0.120. The average Bonchev–Trinajstić information content (AvgIpc) is 2.65. The number of nitrogens with one attached hydrogen (secondary N) is 1. The van der Waals surface area contributed by atoms with Gasteiger partial charge in [0.15, 0.2) is 0 Å². The second kappa shape index (κ2) is 7.36. The van der Waals surface area contributed by atoms with Gasteiger partial charge in [-0.1, -0.05) is 35.9 Å². The van der Waals surface area contributed by atoms with Gasteiger partial charge in [0.1, 0.15) is 0 Å². The predicted octanol–water partition coefficient (Wildman–Crippen LogP) is 5.06. The van der Waals surface area contributed by atoms with Crippen molar-refractivity contribution in [3.05, 3.63) is 83.1 Å². The van der Waals surface area contributed by atoms with E-state index in [2.05, 4.69) is 10.3 Å². The highest BCUT2D eigenvalue weighted by molar-refractivity contribution is 6.31. The van der Waals surface area contributed by atoms with E-state index in [1.54, 1.807) is 30.4 Å². The van der Waals surface area contributed by atoms with Crippen LogP contribution in [0.1, 0.15) is 15.9 Å². The maximum atomic E-state index is 12.7. The minimum Gasteiger partial charge on any atom is -0.354 e. The van der Waals surface area contributed by atoms with Crippen molar-refractivity contribution < 1.29 is 4.79 Å². The van der Waals surface area contributed by atoms with Crippen molar-refractivity contribution in [3.63, 3.8) is 0 Å². The van der Waals surface area contributed by atoms with Crippen LogP contribution in [0.15, 0.2) is 67.0 Å². The van der Waals surface area contributed by atoms with Gasteiger partial charge < -0.3 is 10.2 Å². The van der Waals surface area contributed by atoms with E-state index in [1.165, 1.54) is 0 Å². The van der Waals surface area contributed by atoms with Crippen LogP contribution in [0.3, 0.4) is 0 Å². The third-order valence-corrected chi connectivity index (χ3v) is 4.39. The summed E-state index contributed by atoms with van der Waals surface area (Å²) >= 11 is 6.15. The van der Waals surface area contributed by atoms with Gasteiger partial charge in [0.25, 0.3) is 5.91 Å². The minimum atomic E-state index is -0.120. The fraction of sp³-hybridized carbons (Fsp3) is 0.100. The molecule has 1 aromatic heterocycles. The highest BCUT2D eigenvalue weighted by Gasteiger charge is 2.14. The molecule has 126 valence electrons. The topological polar surface area (TPSA) is 45.2 Å². The van der Waals surface area contributed by atoms with Crippen molar-refractivity contribution in [1.82, 2.24) is 4.98 Å². The van der Waals surface area contributed by atoms with Crippen molar-refractivity contribution in [2.75, 3.05) is 17.3 Å². The standard InChI is InChI=1S/C20H18ClN3O/c1-14-18(21)9-6-10-19(14)23-16-11-15(12-22-13-16)20(25)24(2)17-7-4-3-5-8-17/h3-13,23H,1-2H3. The number of benzene rings is 2. The molecule has 1 heterocycles. The van der Waals surface area contributed by atoms with Crippen LogP contribution in [0.4, 0.5) is 17.1 Å². The highest BCUT2D eigenvalue weighted by Crippen LogP contribution is 2.26. The zero-order valence-electron chi connectivity index (χ0n) is 14.0. The molecular weight excluding hydrogens is 334 g/mol. The van der Waals surface area contributed by atoms with Crippen molar-refractivity contribution >= 4 is 34.6 Å². The number of aromatic nitrogens is 1. The Labute approximate surface area is 152 Å². The molecule has 4 nitrogen and oxygen atoms in total. The summed E-state index contributed by atoms with van der Waals surface area (Å²) in [7, 11) is 1.75. The molecule has 25 heavy (non-hydrogen) atoms. The number of carbonyl (C=O) groups is 1. The normalized spacial score (nSPS) is 10.4. The van der Waals surface area contributed by atoms with Crippen molar-refractivity contribution in [3.8, 4) is 0 Å². The molecule has 0 bridgehead atoms. The SMILES string of the molecule is Cc1c(Cl)cccc1Nc1cncc(C(=O)N(C)c2ccccc2)c1. The second-order valence-corrected chi connectivity index (χ2v) is 6.11. The van der Waals surface area contributed by atoms with Gasteiger partial charge in [-0.25, -0.2) is 0 Å². The molecule has 0 radical (unpaired) electrons. The lowest BCUT2D eigenvalue weighted by Gasteiger charge is -2.18. The van der Waals surface area contributed by atoms with Crippen molar-refractivity contribution in [2.45, 2.75) is 6.92 Å². The maximum absolute atomic E-state index is 12.7. The van der Waals surface area contributed by atoms with Gasteiger partial charge in [-0.15, -0.1) is 0 Å². The van der Waals surface area contributed by atoms with E-state index in [-0.39, 0.29) is 5.91 Å². The van der Waals surface area contributed by atoms with Crippen molar-refractivity contribution in [2.24, 2.45) is 0 Å². The van der Waals surface area contributed by atoms with E-state index in [0.29, 0.717) is 10.6 Å². The van der Waals surface area contributed by atoms with Gasteiger partial charge in [0, 0.05) is 29.6 Å². The largest absolute Gasteiger partial charge is 0.354 e. The molecular formula is C20H18ClN3O. The van der Waals surface area contributed by atoms with Crippen LogP contribution >= 0.6 is 11.6 Å². The molecule has 0 atom stereocenters. The number of anilines is 3. The van der Waals surface area contributed by atoms with Crippen LogP contribution < -0.4 is 10.2 Å². The fourth-order valence-electron chi connectivity index (χ4n) is 2.49. The average molecular weight is 352 g/mol.